The van der Waals surface area contributed by atoms with Crippen molar-refractivity contribution < 1.29 is 0 Å². The molecular weight excluding hydrogens is 494 g/mol. The first-order valence-electron chi connectivity index (χ1n) is 14.2. The van der Waals surface area contributed by atoms with Gasteiger partial charge in [0.15, 0.2) is 0 Å². The van der Waals surface area contributed by atoms with Crippen molar-refractivity contribution in [1.29, 1.82) is 0 Å². The lowest BCUT2D eigenvalue weighted by Crippen LogP contribution is -1.96. The zero-order valence-electron chi connectivity index (χ0n) is 24.4. The third kappa shape index (κ3) is 6.48. The van der Waals surface area contributed by atoms with Gasteiger partial charge in [0.05, 0.1) is 0 Å². The minimum atomic E-state index is 0.952. The molecule has 1 nitrogen and oxygen atoms in total. The van der Waals surface area contributed by atoms with Crippen LogP contribution in [0.5, 0.6) is 0 Å². The van der Waals surface area contributed by atoms with Crippen molar-refractivity contribution in [3.8, 4) is 33.4 Å². The van der Waals surface area contributed by atoms with E-state index in [1.165, 1.54) is 44.5 Å². The molecule has 0 saturated heterocycles. The molecule has 0 aliphatic heterocycles. The molecule has 0 aromatic heterocycles. The molecule has 0 unspecified atom stereocenters. The molecule has 1 heteroatoms. The quantitative estimate of drug-likeness (QED) is 0.196. The second-order valence-electron chi connectivity index (χ2n) is 10.6. The molecule has 5 rings (SSSR count). The Kier molecular flexibility index (Phi) is 8.46. The number of hydrogen-bond donors (Lipinski definition) is 1. The molecule has 0 amide bonds. The maximum atomic E-state index is 4.44. The van der Waals surface area contributed by atoms with Gasteiger partial charge in [-0.05, 0) is 108 Å². The van der Waals surface area contributed by atoms with Gasteiger partial charge in [0.25, 0.3) is 0 Å². The molecule has 0 aliphatic carbocycles. The Morgan fingerprint density at radius 2 is 1.29 bits per heavy atom. The first-order valence-corrected chi connectivity index (χ1v) is 14.2. The number of anilines is 2. The summed E-state index contributed by atoms with van der Waals surface area (Å²) in [5, 5.41) is 3.69. The van der Waals surface area contributed by atoms with Gasteiger partial charge < -0.3 is 5.32 Å². The predicted molar refractivity (Wildman–Crippen MR) is 180 cm³/mol. The van der Waals surface area contributed by atoms with E-state index in [-0.39, 0.29) is 0 Å². The number of rotatable bonds is 8. The summed E-state index contributed by atoms with van der Waals surface area (Å²) in [5.41, 5.74) is 15.2. The van der Waals surface area contributed by atoms with E-state index in [4.69, 9.17) is 0 Å². The number of aryl methyl sites for hydroxylation is 3. The largest absolute Gasteiger partial charge is 0.355 e. The summed E-state index contributed by atoms with van der Waals surface area (Å²) in [6, 6.07) is 39.2. The van der Waals surface area contributed by atoms with Gasteiger partial charge in [-0.1, -0.05) is 115 Å². The highest BCUT2D eigenvalue weighted by atomic mass is 14.9. The molecule has 0 spiro atoms. The summed E-state index contributed by atoms with van der Waals surface area (Å²) in [6.45, 7) is 12.9. The second-order valence-corrected chi connectivity index (χ2v) is 10.6. The van der Waals surface area contributed by atoms with Gasteiger partial charge in [-0.25, -0.2) is 0 Å². The van der Waals surface area contributed by atoms with Crippen LogP contribution in [0.3, 0.4) is 0 Å². The molecule has 1 N–H and O–H groups in total. The average molecular weight is 532 g/mol. The molecule has 0 radical (unpaired) electrons. The number of allylic oxidation sites excluding steroid dienone is 5. The van der Waals surface area contributed by atoms with Crippen LogP contribution in [0.4, 0.5) is 11.4 Å². The zero-order chi connectivity index (χ0) is 28.8. The lowest BCUT2D eigenvalue weighted by molar-refractivity contribution is 1.40. The Balaban J connectivity index is 1.55. The highest BCUT2D eigenvalue weighted by Gasteiger charge is 2.12. The topological polar surface area (TPSA) is 12.0 Å². The first-order chi connectivity index (χ1) is 19.9. The van der Waals surface area contributed by atoms with Crippen molar-refractivity contribution in [2.24, 2.45) is 0 Å². The monoisotopic (exact) mass is 531 g/mol. The minimum Gasteiger partial charge on any atom is -0.355 e. The SMILES string of the molecule is C=C(/C=C\C=C/C)c1cc(-c2ccc(C)c(-c3ccccc3C)c2)ccc1Nc1cccc(-c2cccc(C)c2)c1. The van der Waals surface area contributed by atoms with Crippen LogP contribution in [0.15, 0.2) is 140 Å². The van der Waals surface area contributed by atoms with E-state index in [0.29, 0.717) is 0 Å². The number of benzene rings is 5. The maximum Gasteiger partial charge on any atom is 0.0464 e. The van der Waals surface area contributed by atoms with Crippen LogP contribution in [-0.2, 0) is 0 Å². The molecule has 41 heavy (non-hydrogen) atoms. The van der Waals surface area contributed by atoms with Crippen molar-refractivity contribution in [3.05, 3.63) is 162 Å². The summed E-state index contributed by atoms with van der Waals surface area (Å²) in [4.78, 5) is 0. The van der Waals surface area contributed by atoms with Gasteiger partial charge in [0, 0.05) is 16.9 Å². The lowest BCUT2D eigenvalue weighted by Gasteiger charge is -2.17. The Bertz CT molecular complexity index is 1770. The van der Waals surface area contributed by atoms with Crippen molar-refractivity contribution >= 4 is 16.9 Å². The molecule has 5 aromatic carbocycles. The van der Waals surface area contributed by atoms with E-state index < -0.39 is 0 Å². The van der Waals surface area contributed by atoms with Crippen molar-refractivity contribution in [2.75, 3.05) is 5.32 Å². The van der Waals surface area contributed by atoms with Crippen LogP contribution in [-0.4, -0.2) is 0 Å². The Labute approximate surface area is 245 Å². The maximum absolute atomic E-state index is 4.44. The van der Waals surface area contributed by atoms with Crippen LogP contribution >= 0.6 is 0 Å². The molecule has 0 atom stereocenters. The average Bonchev–Trinajstić information content (AvgIpc) is 2.98. The first kappa shape index (κ1) is 27.7. The van der Waals surface area contributed by atoms with Gasteiger partial charge in [-0.2, -0.15) is 0 Å². The minimum absolute atomic E-state index is 0.952. The van der Waals surface area contributed by atoms with Crippen LogP contribution < -0.4 is 5.32 Å². The van der Waals surface area contributed by atoms with Gasteiger partial charge >= 0.3 is 0 Å². The highest BCUT2D eigenvalue weighted by molar-refractivity contribution is 5.87. The molecular formula is C40H37N. The van der Waals surface area contributed by atoms with Gasteiger partial charge in [-0.3, -0.25) is 0 Å². The van der Waals surface area contributed by atoms with Crippen LogP contribution in [0.1, 0.15) is 29.2 Å². The Morgan fingerprint density at radius 3 is 2.07 bits per heavy atom. The fourth-order valence-corrected chi connectivity index (χ4v) is 5.19. The van der Waals surface area contributed by atoms with E-state index in [1.54, 1.807) is 0 Å². The van der Waals surface area contributed by atoms with E-state index in [1.807, 2.05) is 25.2 Å². The Morgan fingerprint density at radius 1 is 0.610 bits per heavy atom. The molecule has 0 heterocycles. The molecule has 202 valence electrons. The van der Waals surface area contributed by atoms with E-state index >= 15 is 0 Å². The molecule has 0 fully saturated rings. The molecule has 0 aliphatic rings. The van der Waals surface area contributed by atoms with Gasteiger partial charge in [-0.15, -0.1) is 0 Å². The number of hydrogen-bond acceptors (Lipinski definition) is 1. The molecule has 5 aromatic rings. The third-order valence-corrected chi connectivity index (χ3v) is 7.47. The van der Waals surface area contributed by atoms with E-state index in [2.05, 4.69) is 148 Å². The summed E-state index contributed by atoms with van der Waals surface area (Å²) in [5.74, 6) is 0. The summed E-state index contributed by atoms with van der Waals surface area (Å²) < 4.78 is 0. The predicted octanol–water partition coefficient (Wildman–Crippen LogP) is 11.5. The molecule has 0 saturated carbocycles. The van der Waals surface area contributed by atoms with E-state index in [0.717, 1.165) is 28.1 Å². The lowest BCUT2D eigenvalue weighted by atomic mass is 9.91. The fraction of sp³-hybridized carbons (Fsp3) is 0.100. The standard InChI is InChI=1S/C40H37N/c1-6-7-8-14-30(4)39-27-35(34-21-20-31(5)38(26-34)37-19-10-9-15-29(37)3)22-23-40(39)41-36-18-12-17-33(25-36)32-16-11-13-28(2)24-32/h6-27,41H,4H2,1-3,5H3/b7-6-,14-8-. The second kappa shape index (κ2) is 12.5. The Hall–Kier alpha value is -4.88. The summed E-state index contributed by atoms with van der Waals surface area (Å²) >= 11 is 0. The van der Waals surface area contributed by atoms with Crippen LogP contribution in [0, 0.1) is 20.8 Å². The van der Waals surface area contributed by atoms with Crippen LogP contribution in [0.2, 0.25) is 0 Å². The zero-order valence-corrected chi connectivity index (χ0v) is 24.4. The van der Waals surface area contributed by atoms with Gasteiger partial charge in [0.1, 0.15) is 0 Å². The number of nitrogens with one attached hydrogen (secondary N) is 1. The fourth-order valence-electron chi connectivity index (χ4n) is 5.19. The van der Waals surface area contributed by atoms with Crippen molar-refractivity contribution in [2.45, 2.75) is 27.7 Å². The summed E-state index contributed by atoms with van der Waals surface area (Å²) in [6.07, 6.45) is 8.16. The van der Waals surface area contributed by atoms with Crippen molar-refractivity contribution in [1.82, 2.24) is 0 Å². The van der Waals surface area contributed by atoms with Gasteiger partial charge in [0.2, 0.25) is 0 Å². The summed E-state index contributed by atoms with van der Waals surface area (Å²) in [7, 11) is 0. The van der Waals surface area contributed by atoms with Crippen molar-refractivity contribution in [3.63, 3.8) is 0 Å². The highest BCUT2D eigenvalue weighted by Crippen LogP contribution is 2.36. The van der Waals surface area contributed by atoms with Crippen LogP contribution in [0.25, 0.3) is 39.0 Å². The normalized spacial score (nSPS) is 11.3. The molecule has 0 bridgehead atoms. The van der Waals surface area contributed by atoms with E-state index in [9.17, 15) is 0 Å². The smallest absolute Gasteiger partial charge is 0.0464 e. The third-order valence-electron chi connectivity index (χ3n) is 7.47.